The van der Waals surface area contributed by atoms with Crippen LogP contribution in [0.1, 0.15) is 12.5 Å². The van der Waals surface area contributed by atoms with Crippen molar-refractivity contribution in [2.45, 2.75) is 19.5 Å². The summed E-state index contributed by atoms with van der Waals surface area (Å²) in [7, 11) is 1.59. The summed E-state index contributed by atoms with van der Waals surface area (Å²) >= 11 is 0. The van der Waals surface area contributed by atoms with E-state index in [0.29, 0.717) is 18.3 Å². The van der Waals surface area contributed by atoms with Crippen molar-refractivity contribution in [2.24, 2.45) is 0 Å². The van der Waals surface area contributed by atoms with E-state index in [1.54, 1.807) is 13.2 Å². The number of ether oxygens (including phenoxy) is 2. The van der Waals surface area contributed by atoms with Crippen LogP contribution in [-0.4, -0.2) is 56.0 Å². The fraction of sp³-hybridized carbons (Fsp3) is 0.600. The monoisotopic (exact) mass is 280 g/mol. The number of aromatic hydroxyl groups is 1. The van der Waals surface area contributed by atoms with Gasteiger partial charge in [0.25, 0.3) is 0 Å². The van der Waals surface area contributed by atoms with Gasteiger partial charge in [-0.05, 0) is 13.0 Å². The van der Waals surface area contributed by atoms with E-state index in [-0.39, 0.29) is 5.75 Å². The summed E-state index contributed by atoms with van der Waals surface area (Å²) in [5.41, 5.74) is 0.889. The Balaban J connectivity index is 1.79. The zero-order valence-electron chi connectivity index (χ0n) is 12.3. The number of methoxy groups -OCH3 is 1. The van der Waals surface area contributed by atoms with Gasteiger partial charge in [-0.15, -0.1) is 0 Å². The summed E-state index contributed by atoms with van der Waals surface area (Å²) in [5, 5.41) is 13.4. The van der Waals surface area contributed by atoms with E-state index in [2.05, 4.69) is 17.1 Å². The molecule has 0 aliphatic carbocycles. The molecule has 1 unspecified atom stereocenters. The molecule has 2 rings (SSSR count). The largest absolute Gasteiger partial charge is 0.507 e. The quantitative estimate of drug-likeness (QED) is 0.820. The highest BCUT2D eigenvalue weighted by Gasteiger charge is 2.13. The molecule has 5 heteroatoms. The van der Waals surface area contributed by atoms with Gasteiger partial charge in [0.15, 0.2) is 0 Å². The molecule has 0 spiro atoms. The normalized spacial score (nSPS) is 17.9. The molecule has 1 aromatic rings. The van der Waals surface area contributed by atoms with Crippen LogP contribution in [0.3, 0.4) is 0 Å². The Morgan fingerprint density at radius 2 is 2.15 bits per heavy atom. The van der Waals surface area contributed by atoms with Gasteiger partial charge in [0.05, 0.1) is 20.3 Å². The average molecular weight is 280 g/mol. The summed E-state index contributed by atoms with van der Waals surface area (Å²) in [6, 6.07) is 5.77. The van der Waals surface area contributed by atoms with E-state index in [4.69, 9.17) is 9.47 Å². The second-order valence-corrected chi connectivity index (χ2v) is 5.19. The molecule has 2 N–H and O–H groups in total. The van der Waals surface area contributed by atoms with Crippen molar-refractivity contribution < 1.29 is 14.6 Å². The van der Waals surface area contributed by atoms with Gasteiger partial charge in [-0.25, -0.2) is 0 Å². The first-order valence-electron chi connectivity index (χ1n) is 7.08. The van der Waals surface area contributed by atoms with Crippen molar-refractivity contribution in [1.82, 2.24) is 10.2 Å². The highest BCUT2D eigenvalue weighted by molar-refractivity contribution is 5.39. The van der Waals surface area contributed by atoms with Crippen LogP contribution in [0.5, 0.6) is 11.5 Å². The zero-order chi connectivity index (χ0) is 14.4. The predicted molar refractivity (Wildman–Crippen MR) is 78.2 cm³/mol. The maximum absolute atomic E-state index is 9.91. The van der Waals surface area contributed by atoms with Crippen molar-refractivity contribution >= 4 is 0 Å². The molecule has 0 radical (unpaired) electrons. The fourth-order valence-electron chi connectivity index (χ4n) is 2.34. The van der Waals surface area contributed by atoms with E-state index in [1.807, 2.05) is 12.1 Å². The molecule has 0 bridgehead atoms. The lowest BCUT2D eigenvalue weighted by Crippen LogP contribution is -2.44. The molecule has 1 aliphatic heterocycles. The lowest BCUT2D eigenvalue weighted by Gasteiger charge is -2.29. The molecule has 0 aromatic heterocycles. The Bertz CT molecular complexity index is 420. The number of rotatable bonds is 6. The summed E-state index contributed by atoms with van der Waals surface area (Å²) < 4.78 is 10.4. The summed E-state index contributed by atoms with van der Waals surface area (Å²) in [6.45, 7) is 7.47. The van der Waals surface area contributed by atoms with E-state index >= 15 is 0 Å². The minimum absolute atomic E-state index is 0.274. The third kappa shape index (κ3) is 4.37. The second-order valence-electron chi connectivity index (χ2n) is 5.19. The van der Waals surface area contributed by atoms with Gasteiger partial charge in [0, 0.05) is 43.9 Å². The van der Waals surface area contributed by atoms with E-state index in [1.165, 1.54) is 0 Å². The molecule has 1 aromatic carbocycles. The molecular formula is C15H24N2O3. The lowest BCUT2D eigenvalue weighted by molar-refractivity contribution is 0.0343. The number of hydrogen-bond donors (Lipinski definition) is 2. The summed E-state index contributed by atoms with van der Waals surface area (Å²) in [4.78, 5) is 2.40. The number of morpholine rings is 1. The molecule has 0 saturated carbocycles. The molecule has 1 saturated heterocycles. The van der Waals surface area contributed by atoms with Crippen LogP contribution >= 0.6 is 0 Å². The number of nitrogens with one attached hydrogen (secondary N) is 1. The summed E-state index contributed by atoms with van der Waals surface area (Å²) in [6.07, 6.45) is 0. The third-order valence-corrected chi connectivity index (χ3v) is 3.57. The SMILES string of the molecule is COc1ccc(CNC(C)CN2CCOCC2)c(O)c1. The Morgan fingerprint density at radius 1 is 1.40 bits per heavy atom. The molecule has 0 amide bonds. The molecule has 5 nitrogen and oxygen atoms in total. The van der Waals surface area contributed by atoms with Crippen molar-refractivity contribution in [3.05, 3.63) is 23.8 Å². The van der Waals surface area contributed by atoms with Crippen LogP contribution < -0.4 is 10.1 Å². The molecular weight excluding hydrogens is 256 g/mol. The minimum atomic E-state index is 0.274. The van der Waals surface area contributed by atoms with Gasteiger partial charge in [0.2, 0.25) is 0 Å². The molecule has 20 heavy (non-hydrogen) atoms. The smallest absolute Gasteiger partial charge is 0.123 e. The first-order valence-corrected chi connectivity index (χ1v) is 7.08. The number of phenols is 1. The van der Waals surface area contributed by atoms with E-state index in [9.17, 15) is 5.11 Å². The van der Waals surface area contributed by atoms with Gasteiger partial charge in [0.1, 0.15) is 11.5 Å². The predicted octanol–water partition coefficient (Wildman–Crippen LogP) is 1.21. The first-order chi connectivity index (χ1) is 9.69. The highest BCUT2D eigenvalue weighted by Crippen LogP contribution is 2.23. The van der Waals surface area contributed by atoms with Crippen molar-refractivity contribution in [1.29, 1.82) is 0 Å². The van der Waals surface area contributed by atoms with Crippen LogP contribution in [0.25, 0.3) is 0 Å². The van der Waals surface area contributed by atoms with Gasteiger partial charge in [-0.3, -0.25) is 4.90 Å². The molecule has 1 heterocycles. The van der Waals surface area contributed by atoms with Crippen molar-refractivity contribution in [3.63, 3.8) is 0 Å². The standard InChI is InChI=1S/C15H24N2O3/c1-12(11-17-5-7-20-8-6-17)16-10-13-3-4-14(19-2)9-15(13)18/h3-4,9,12,16,18H,5-8,10-11H2,1-2H3. The number of hydrogen-bond acceptors (Lipinski definition) is 5. The third-order valence-electron chi connectivity index (χ3n) is 3.57. The van der Waals surface area contributed by atoms with Gasteiger partial charge >= 0.3 is 0 Å². The zero-order valence-corrected chi connectivity index (χ0v) is 12.3. The van der Waals surface area contributed by atoms with Crippen LogP contribution in [0.15, 0.2) is 18.2 Å². The Labute approximate surface area is 120 Å². The maximum atomic E-state index is 9.91. The van der Waals surface area contributed by atoms with Crippen LogP contribution in [0.4, 0.5) is 0 Å². The molecule has 1 atom stereocenters. The fourth-order valence-corrected chi connectivity index (χ4v) is 2.34. The van der Waals surface area contributed by atoms with Gasteiger partial charge in [-0.1, -0.05) is 6.07 Å². The molecule has 1 aliphatic rings. The Kier molecular flexibility index (Phi) is 5.64. The number of nitrogens with zero attached hydrogens (tertiary/aromatic N) is 1. The van der Waals surface area contributed by atoms with Gasteiger partial charge in [-0.2, -0.15) is 0 Å². The van der Waals surface area contributed by atoms with Crippen LogP contribution in [-0.2, 0) is 11.3 Å². The Morgan fingerprint density at radius 3 is 2.80 bits per heavy atom. The number of phenolic OH excluding ortho intramolecular Hbond substituents is 1. The number of benzene rings is 1. The van der Waals surface area contributed by atoms with E-state index < -0.39 is 0 Å². The van der Waals surface area contributed by atoms with Crippen molar-refractivity contribution in [3.8, 4) is 11.5 Å². The van der Waals surface area contributed by atoms with Crippen LogP contribution in [0.2, 0.25) is 0 Å². The Hall–Kier alpha value is -1.30. The first kappa shape index (κ1) is 15.1. The van der Waals surface area contributed by atoms with Gasteiger partial charge < -0.3 is 19.9 Å². The van der Waals surface area contributed by atoms with Crippen molar-refractivity contribution in [2.75, 3.05) is 40.0 Å². The topological polar surface area (TPSA) is 54.0 Å². The minimum Gasteiger partial charge on any atom is -0.507 e. The molecule has 112 valence electrons. The van der Waals surface area contributed by atoms with E-state index in [0.717, 1.165) is 38.4 Å². The molecule has 1 fully saturated rings. The van der Waals surface area contributed by atoms with Crippen LogP contribution in [0, 0.1) is 0 Å². The maximum Gasteiger partial charge on any atom is 0.123 e. The second kappa shape index (κ2) is 7.47. The highest BCUT2D eigenvalue weighted by atomic mass is 16.5. The lowest BCUT2D eigenvalue weighted by atomic mass is 10.1. The average Bonchev–Trinajstić information content (AvgIpc) is 2.47. The summed E-state index contributed by atoms with van der Waals surface area (Å²) in [5.74, 6) is 0.947.